The van der Waals surface area contributed by atoms with E-state index in [0.29, 0.717) is 0 Å². The minimum Gasteiger partial charge on any atom is -0.479 e. The summed E-state index contributed by atoms with van der Waals surface area (Å²) in [6, 6.07) is 0. The third-order valence-electron chi connectivity index (χ3n) is 2.11. The number of aliphatic carboxylic acids is 1. The number of rotatable bonds is 5. The van der Waals surface area contributed by atoms with Gasteiger partial charge < -0.3 is 45.3 Å². The molecule has 19 heavy (non-hydrogen) atoms. The van der Waals surface area contributed by atoms with Gasteiger partial charge in [-0.25, -0.2) is 4.79 Å². The maximum Gasteiger partial charge on any atom is 0.372 e. The third kappa shape index (κ3) is 2.56. The molecular weight excluding hydrogens is 335 g/mol. The molecule has 0 aromatic rings. The van der Waals surface area contributed by atoms with Crippen LogP contribution in [0.1, 0.15) is 0 Å². The van der Waals surface area contributed by atoms with E-state index < -0.39 is 39.1 Å². The van der Waals surface area contributed by atoms with Gasteiger partial charge in [0.15, 0.2) is 0 Å². The smallest absolute Gasteiger partial charge is 0.372 e. The number of hydrogen-bond donors (Lipinski definition) is 9. The molecule has 0 aliphatic rings. The van der Waals surface area contributed by atoms with Crippen LogP contribution in [0.3, 0.4) is 0 Å². The second-order valence-corrected chi connectivity index (χ2v) is 8.96. The zero-order valence-corrected chi connectivity index (χ0v) is 11.3. The Morgan fingerprint density at radius 3 is 1.16 bits per heavy atom. The molecule has 13 nitrogen and oxygen atoms in total. The second kappa shape index (κ2) is 4.69. The van der Waals surface area contributed by atoms with Crippen molar-refractivity contribution in [3.8, 4) is 0 Å². The summed E-state index contributed by atoms with van der Waals surface area (Å²) in [5, 5.41) is 8.31. The number of carbonyl (C=O) groups is 1. The maximum absolute atomic E-state index is 11.0. The van der Waals surface area contributed by atoms with Gasteiger partial charge in [0.2, 0.25) is 0 Å². The Bertz CT molecular complexity index is 500. The molecule has 0 unspecified atom stereocenters. The SMILES string of the molecule is N[C@](C(=O)O)(C(O)(P(=O)(O)O)P(=O)(O)O)P(=O)(O)O. The molecule has 10 N–H and O–H groups in total. The van der Waals surface area contributed by atoms with E-state index >= 15 is 0 Å². The molecule has 0 bridgehead atoms. The lowest BCUT2D eigenvalue weighted by atomic mass is 10.3. The van der Waals surface area contributed by atoms with Crippen LogP contribution in [0.25, 0.3) is 0 Å². The summed E-state index contributed by atoms with van der Waals surface area (Å²) in [6.07, 6.45) is 0. The van der Waals surface area contributed by atoms with E-state index in [-0.39, 0.29) is 0 Å². The quantitative estimate of drug-likeness (QED) is 0.224. The predicted octanol–water partition coefficient (Wildman–Crippen LogP) is -3.09. The summed E-state index contributed by atoms with van der Waals surface area (Å²) >= 11 is 0. The van der Waals surface area contributed by atoms with Crippen molar-refractivity contribution in [2.75, 3.05) is 0 Å². The van der Waals surface area contributed by atoms with Crippen molar-refractivity contribution in [3.63, 3.8) is 0 Å². The molecule has 16 heteroatoms. The van der Waals surface area contributed by atoms with Crippen molar-refractivity contribution in [2.45, 2.75) is 10.4 Å². The lowest BCUT2D eigenvalue weighted by Gasteiger charge is -2.40. The molecule has 0 aliphatic heterocycles. The lowest BCUT2D eigenvalue weighted by molar-refractivity contribution is -0.144. The van der Waals surface area contributed by atoms with E-state index in [4.69, 9.17) is 34.5 Å². The first-order valence-electron chi connectivity index (χ1n) is 3.86. The molecule has 114 valence electrons. The maximum atomic E-state index is 11.0. The molecule has 0 saturated carbocycles. The van der Waals surface area contributed by atoms with E-state index in [1.54, 1.807) is 0 Å². The molecule has 0 heterocycles. The van der Waals surface area contributed by atoms with Crippen LogP contribution in [-0.2, 0) is 18.5 Å². The fraction of sp³-hybridized carbons (Fsp3) is 0.667. The van der Waals surface area contributed by atoms with Gasteiger partial charge in [-0.05, 0) is 0 Å². The first-order chi connectivity index (χ1) is 7.94. The average Bonchev–Trinajstić information content (AvgIpc) is 2.09. The highest BCUT2D eigenvalue weighted by atomic mass is 31.2. The van der Waals surface area contributed by atoms with E-state index in [1.165, 1.54) is 0 Å². The van der Waals surface area contributed by atoms with Crippen LogP contribution in [-0.4, -0.2) is 55.9 Å². The Morgan fingerprint density at radius 2 is 1.11 bits per heavy atom. The zero-order valence-electron chi connectivity index (χ0n) is 8.63. The Hall–Kier alpha value is -0.160. The monoisotopic (exact) mass is 345 g/mol. The number of aliphatic hydroxyl groups is 1. The standard InChI is InChI=1S/C3H10NO12P3/c4-2(1(5)6,17(8,9)10)3(7,18(11,12)13)19(14,15)16/h7H,4H2,(H,5,6)(H2,8,9,10)(H2,11,12,13)(H2,14,15,16)/t2-/m0/s1. The van der Waals surface area contributed by atoms with Crippen LogP contribution < -0.4 is 5.73 Å². The van der Waals surface area contributed by atoms with Crippen molar-refractivity contribution in [1.29, 1.82) is 0 Å². The van der Waals surface area contributed by atoms with Crippen LogP contribution in [0.5, 0.6) is 0 Å². The van der Waals surface area contributed by atoms with Crippen molar-refractivity contribution < 1.29 is 58.1 Å². The number of hydrogen-bond acceptors (Lipinski definition) is 6. The summed E-state index contributed by atoms with van der Waals surface area (Å²) < 4.78 is 32.9. The third-order valence-corrected chi connectivity index (χ3v) is 7.79. The molecule has 0 fully saturated rings. The Labute approximate surface area is 104 Å². The fourth-order valence-electron chi connectivity index (χ4n) is 1.08. The van der Waals surface area contributed by atoms with Gasteiger partial charge in [-0.15, -0.1) is 0 Å². The van der Waals surface area contributed by atoms with E-state index in [9.17, 15) is 23.6 Å². The summed E-state index contributed by atoms with van der Waals surface area (Å²) in [5.74, 6) is -2.92. The first-order valence-corrected chi connectivity index (χ1v) is 8.70. The van der Waals surface area contributed by atoms with Crippen LogP contribution in [0, 0.1) is 0 Å². The Morgan fingerprint density at radius 1 is 0.842 bits per heavy atom. The van der Waals surface area contributed by atoms with Crippen LogP contribution in [0.4, 0.5) is 0 Å². The average molecular weight is 345 g/mol. The van der Waals surface area contributed by atoms with Crippen LogP contribution in [0.15, 0.2) is 0 Å². The zero-order chi connectivity index (χ0) is 16.1. The van der Waals surface area contributed by atoms with Crippen LogP contribution >= 0.6 is 22.8 Å². The first kappa shape index (κ1) is 18.8. The highest BCUT2D eigenvalue weighted by Crippen LogP contribution is 2.76. The van der Waals surface area contributed by atoms with Crippen molar-refractivity contribution >= 4 is 28.8 Å². The Balaban J connectivity index is 6.83. The summed E-state index contributed by atoms with van der Waals surface area (Å²) in [6.45, 7) is 0. The predicted molar refractivity (Wildman–Crippen MR) is 55.6 cm³/mol. The normalized spacial score (nSPS) is 17.9. The number of carboxylic acid groups (broad SMARTS) is 1. The molecule has 0 saturated heterocycles. The van der Waals surface area contributed by atoms with Gasteiger partial charge in [-0.3, -0.25) is 13.7 Å². The van der Waals surface area contributed by atoms with E-state index in [0.717, 1.165) is 0 Å². The molecule has 0 spiro atoms. The Kier molecular flexibility index (Phi) is 4.65. The van der Waals surface area contributed by atoms with Gasteiger partial charge in [0.1, 0.15) is 0 Å². The van der Waals surface area contributed by atoms with E-state index in [2.05, 4.69) is 5.73 Å². The molecule has 0 aliphatic carbocycles. The largest absolute Gasteiger partial charge is 0.479 e. The van der Waals surface area contributed by atoms with Gasteiger partial charge in [0.25, 0.3) is 5.28 Å². The molecule has 0 aromatic heterocycles. The minimum atomic E-state index is -6.49. The van der Waals surface area contributed by atoms with Gasteiger partial charge in [0.05, 0.1) is 0 Å². The highest BCUT2D eigenvalue weighted by molar-refractivity contribution is 7.74. The summed E-state index contributed by atoms with van der Waals surface area (Å²) in [4.78, 5) is 63.0. The highest BCUT2D eigenvalue weighted by Gasteiger charge is 2.80. The summed E-state index contributed by atoms with van der Waals surface area (Å²) in [5.41, 5.74) is 4.57. The molecule has 0 aromatic carbocycles. The molecule has 0 rings (SSSR count). The van der Waals surface area contributed by atoms with E-state index in [1.807, 2.05) is 0 Å². The number of nitrogens with two attached hydrogens (primary N) is 1. The second-order valence-electron chi connectivity index (χ2n) is 3.34. The van der Waals surface area contributed by atoms with Crippen molar-refractivity contribution in [2.24, 2.45) is 5.73 Å². The topological polar surface area (TPSA) is 256 Å². The molecular formula is C3H10NO12P3. The minimum absolute atomic E-state index is 2.92. The molecule has 0 amide bonds. The molecule has 0 radical (unpaired) electrons. The van der Waals surface area contributed by atoms with Gasteiger partial charge in [-0.2, -0.15) is 0 Å². The lowest BCUT2D eigenvalue weighted by Crippen LogP contribution is -2.64. The van der Waals surface area contributed by atoms with Gasteiger partial charge in [-0.1, -0.05) is 0 Å². The van der Waals surface area contributed by atoms with Crippen molar-refractivity contribution in [3.05, 3.63) is 0 Å². The summed E-state index contributed by atoms with van der Waals surface area (Å²) in [7, 11) is -19.3. The van der Waals surface area contributed by atoms with Crippen LogP contribution in [0.2, 0.25) is 0 Å². The fourth-order valence-corrected chi connectivity index (χ4v) is 5.72. The van der Waals surface area contributed by atoms with Crippen molar-refractivity contribution in [1.82, 2.24) is 0 Å². The van der Waals surface area contributed by atoms with Gasteiger partial charge >= 0.3 is 33.8 Å². The van der Waals surface area contributed by atoms with Gasteiger partial charge in [0, 0.05) is 0 Å². The molecule has 1 atom stereocenters. The number of carboxylic acids is 1.